The summed E-state index contributed by atoms with van der Waals surface area (Å²) in [6.45, 7) is 2.25. The van der Waals surface area contributed by atoms with E-state index in [2.05, 4.69) is 10.5 Å². The Bertz CT molecular complexity index is 535. The highest BCUT2D eigenvalue weighted by Crippen LogP contribution is 2.28. The van der Waals surface area contributed by atoms with Crippen LogP contribution in [-0.4, -0.2) is 24.8 Å². The van der Waals surface area contributed by atoms with Crippen molar-refractivity contribution in [1.82, 2.24) is 5.43 Å². The summed E-state index contributed by atoms with van der Waals surface area (Å²) in [6.07, 6.45) is 7.24. The first-order valence-electron chi connectivity index (χ1n) is 8.53. The summed E-state index contributed by atoms with van der Waals surface area (Å²) in [5.41, 5.74) is 11.7. The molecule has 3 N–H and O–H groups in total. The number of hydrogen-bond acceptors (Lipinski definition) is 5. The average Bonchev–Trinajstić information content (AvgIpc) is 2.82. The van der Waals surface area contributed by atoms with Crippen LogP contribution in [0.1, 0.15) is 51.0 Å². The Labute approximate surface area is 138 Å². The van der Waals surface area contributed by atoms with E-state index in [1.165, 1.54) is 25.7 Å². The maximum absolute atomic E-state index is 11.5. The molecule has 0 atom stereocenters. The van der Waals surface area contributed by atoms with E-state index < -0.39 is 0 Å². The van der Waals surface area contributed by atoms with Gasteiger partial charge in [0, 0.05) is 17.2 Å². The first kappa shape index (κ1) is 17.3. The predicted molar refractivity (Wildman–Crippen MR) is 93.2 cm³/mol. The number of ether oxygens (including phenoxy) is 1. The van der Waals surface area contributed by atoms with E-state index in [4.69, 9.17) is 10.5 Å². The van der Waals surface area contributed by atoms with Gasteiger partial charge in [-0.25, -0.2) is 0 Å². The number of hydrogen-bond donors (Lipinski definition) is 2. The van der Waals surface area contributed by atoms with Crippen molar-refractivity contribution in [2.45, 2.75) is 45.4 Å². The van der Waals surface area contributed by atoms with Gasteiger partial charge in [-0.05, 0) is 25.8 Å². The molecule has 0 aliphatic heterocycles. The maximum atomic E-state index is 11.5. The van der Waals surface area contributed by atoms with Crippen molar-refractivity contribution >= 4 is 17.4 Å². The minimum absolute atomic E-state index is 0.0802. The average molecular weight is 317 g/mol. The Morgan fingerprint density at radius 3 is 2.61 bits per heavy atom. The molecule has 0 heterocycles. The van der Waals surface area contributed by atoms with Gasteiger partial charge < -0.3 is 10.5 Å². The highest BCUT2D eigenvalue weighted by atomic mass is 16.5. The van der Waals surface area contributed by atoms with E-state index in [0.717, 1.165) is 29.8 Å². The van der Waals surface area contributed by atoms with E-state index in [0.29, 0.717) is 12.5 Å². The summed E-state index contributed by atoms with van der Waals surface area (Å²) in [7, 11) is 0. The first-order valence-corrected chi connectivity index (χ1v) is 8.53. The van der Waals surface area contributed by atoms with Crippen LogP contribution in [0.4, 0.5) is 5.69 Å². The number of hydrazone groups is 1. The third-order valence-corrected chi connectivity index (χ3v) is 4.21. The molecule has 1 aromatic carbocycles. The molecule has 1 aromatic rings. The Hall–Kier alpha value is -2.04. The fraction of sp³-hybridized carbons (Fsp3) is 0.556. The number of nitrogen functional groups attached to an aromatic ring is 1. The van der Waals surface area contributed by atoms with Crippen LogP contribution >= 0.6 is 0 Å². The largest absolute Gasteiger partial charge is 0.465 e. The third kappa shape index (κ3) is 5.27. The number of rotatable bonds is 6. The van der Waals surface area contributed by atoms with Gasteiger partial charge in [0.1, 0.15) is 6.54 Å². The SMILES string of the molecule is CCOC(=O)CN/N=C(\c1ccccc1N)C1CCCCCC1. The summed E-state index contributed by atoms with van der Waals surface area (Å²) in [5, 5.41) is 4.53. The first-order chi connectivity index (χ1) is 11.2. The Morgan fingerprint density at radius 1 is 1.26 bits per heavy atom. The van der Waals surface area contributed by atoms with Gasteiger partial charge in [0.05, 0.1) is 12.3 Å². The van der Waals surface area contributed by atoms with Crippen molar-refractivity contribution in [3.63, 3.8) is 0 Å². The van der Waals surface area contributed by atoms with Crippen LogP contribution in [-0.2, 0) is 9.53 Å². The number of nitrogens with zero attached hydrogens (tertiary/aromatic N) is 1. The molecule has 1 aliphatic rings. The molecule has 1 saturated carbocycles. The predicted octanol–water partition coefficient (Wildman–Crippen LogP) is 3.10. The smallest absolute Gasteiger partial charge is 0.327 e. The number of carbonyl (C=O) groups is 1. The fourth-order valence-corrected chi connectivity index (χ4v) is 3.06. The number of nitrogens with two attached hydrogens (primary N) is 1. The minimum atomic E-state index is -0.294. The molecule has 1 fully saturated rings. The summed E-state index contributed by atoms with van der Waals surface area (Å²) in [4.78, 5) is 11.5. The van der Waals surface area contributed by atoms with Crippen LogP contribution in [0.15, 0.2) is 29.4 Å². The van der Waals surface area contributed by atoms with Gasteiger partial charge in [-0.3, -0.25) is 10.2 Å². The van der Waals surface area contributed by atoms with Crippen molar-refractivity contribution < 1.29 is 9.53 Å². The molecular formula is C18H27N3O2. The highest BCUT2D eigenvalue weighted by molar-refractivity contribution is 6.06. The van der Waals surface area contributed by atoms with Gasteiger partial charge in [0.15, 0.2) is 0 Å². The normalized spacial score (nSPS) is 16.7. The van der Waals surface area contributed by atoms with Gasteiger partial charge in [0.25, 0.3) is 0 Å². The molecule has 126 valence electrons. The zero-order chi connectivity index (χ0) is 16.5. The molecule has 23 heavy (non-hydrogen) atoms. The van der Waals surface area contributed by atoms with Crippen molar-refractivity contribution in [3.05, 3.63) is 29.8 Å². The molecule has 0 unspecified atom stereocenters. The van der Waals surface area contributed by atoms with Gasteiger partial charge in [-0.15, -0.1) is 0 Å². The van der Waals surface area contributed by atoms with E-state index in [-0.39, 0.29) is 12.5 Å². The minimum Gasteiger partial charge on any atom is -0.465 e. The molecule has 5 heteroatoms. The lowest BCUT2D eigenvalue weighted by molar-refractivity contribution is -0.141. The Kier molecular flexibility index (Phi) is 6.91. The molecule has 1 aliphatic carbocycles. The van der Waals surface area contributed by atoms with Crippen LogP contribution in [0, 0.1) is 5.92 Å². The van der Waals surface area contributed by atoms with Crippen LogP contribution in [0.2, 0.25) is 0 Å². The fourth-order valence-electron chi connectivity index (χ4n) is 3.06. The van der Waals surface area contributed by atoms with Crippen molar-refractivity contribution in [2.24, 2.45) is 11.0 Å². The van der Waals surface area contributed by atoms with Crippen molar-refractivity contribution in [1.29, 1.82) is 0 Å². The molecule has 2 rings (SSSR count). The Morgan fingerprint density at radius 2 is 1.96 bits per heavy atom. The number of anilines is 1. The van der Waals surface area contributed by atoms with Gasteiger partial charge in [-0.1, -0.05) is 43.9 Å². The van der Waals surface area contributed by atoms with E-state index in [1.807, 2.05) is 24.3 Å². The lowest BCUT2D eigenvalue weighted by Crippen LogP contribution is -2.25. The summed E-state index contributed by atoms with van der Waals surface area (Å²) in [6, 6.07) is 7.80. The number of carbonyl (C=O) groups excluding carboxylic acids is 1. The number of para-hydroxylation sites is 1. The molecule has 0 aromatic heterocycles. The van der Waals surface area contributed by atoms with Gasteiger partial charge in [0.2, 0.25) is 0 Å². The highest BCUT2D eigenvalue weighted by Gasteiger charge is 2.21. The summed E-state index contributed by atoms with van der Waals surface area (Å²) >= 11 is 0. The summed E-state index contributed by atoms with van der Waals surface area (Å²) in [5.74, 6) is 0.0920. The second-order valence-electron chi connectivity index (χ2n) is 5.91. The maximum Gasteiger partial charge on any atom is 0.327 e. The van der Waals surface area contributed by atoms with Crippen LogP contribution in [0.5, 0.6) is 0 Å². The lowest BCUT2D eigenvalue weighted by Gasteiger charge is -2.19. The third-order valence-electron chi connectivity index (χ3n) is 4.21. The molecule has 0 spiro atoms. The standard InChI is InChI=1S/C18H27N3O2/c1-2-23-17(22)13-20-21-18(14-9-5-3-4-6-10-14)15-11-7-8-12-16(15)19/h7-8,11-12,14,20H,2-6,9-10,13,19H2,1H3/b21-18-. The Balaban J connectivity index is 2.17. The monoisotopic (exact) mass is 317 g/mol. The number of nitrogens with one attached hydrogen (secondary N) is 1. The molecule has 5 nitrogen and oxygen atoms in total. The zero-order valence-electron chi connectivity index (χ0n) is 13.9. The molecular weight excluding hydrogens is 290 g/mol. The van der Waals surface area contributed by atoms with Crippen LogP contribution < -0.4 is 11.2 Å². The van der Waals surface area contributed by atoms with Crippen molar-refractivity contribution in [3.8, 4) is 0 Å². The molecule has 0 bridgehead atoms. The molecule has 0 saturated heterocycles. The quantitative estimate of drug-likeness (QED) is 0.278. The van der Waals surface area contributed by atoms with E-state index in [9.17, 15) is 4.79 Å². The van der Waals surface area contributed by atoms with Gasteiger partial charge in [-0.2, -0.15) is 5.10 Å². The zero-order valence-corrected chi connectivity index (χ0v) is 13.9. The van der Waals surface area contributed by atoms with E-state index in [1.54, 1.807) is 6.92 Å². The van der Waals surface area contributed by atoms with Gasteiger partial charge >= 0.3 is 5.97 Å². The second kappa shape index (κ2) is 9.18. The lowest BCUT2D eigenvalue weighted by atomic mass is 9.89. The topological polar surface area (TPSA) is 76.7 Å². The van der Waals surface area contributed by atoms with E-state index >= 15 is 0 Å². The number of benzene rings is 1. The van der Waals surface area contributed by atoms with Crippen molar-refractivity contribution in [2.75, 3.05) is 18.9 Å². The van der Waals surface area contributed by atoms with Crippen LogP contribution in [0.3, 0.4) is 0 Å². The molecule has 0 radical (unpaired) electrons. The number of esters is 1. The van der Waals surface area contributed by atoms with Crippen LogP contribution in [0.25, 0.3) is 0 Å². The second-order valence-corrected chi connectivity index (χ2v) is 5.91. The summed E-state index contributed by atoms with van der Waals surface area (Å²) < 4.78 is 4.92. The molecule has 0 amide bonds.